The van der Waals surface area contributed by atoms with Gasteiger partial charge in [-0.15, -0.1) is 0 Å². The first kappa shape index (κ1) is 9.21. The van der Waals surface area contributed by atoms with Crippen LogP contribution in [-0.2, 0) is 0 Å². The van der Waals surface area contributed by atoms with Gasteiger partial charge in [-0.25, -0.2) is 0 Å². The Balaban J connectivity index is 2.19. The second-order valence-electron chi connectivity index (χ2n) is 3.61. The molecule has 1 heterocycles. The molecule has 0 aliphatic heterocycles. The Morgan fingerprint density at radius 1 is 1.46 bits per heavy atom. The zero-order valence-electron chi connectivity index (χ0n) is 7.49. The average Bonchev–Trinajstić information content (AvgIpc) is 2.52. The van der Waals surface area contributed by atoms with Gasteiger partial charge in [0.2, 0.25) is 0 Å². The lowest BCUT2D eigenvalue weighted by Gasteiger charge is -2.29. The van der Waals surface area contributed by atoms with Gasteiger partial charge in [0.1, 0.15) is 4.60 Å². The molecule has 4 heteroatoms. The SMILES string of the molecule is NC1CCCCC1n1nccc1Br. The molecule has 1 aromatic rings. The first-order chi connectivity index (χ1) is 6.29. The fourth-order valence-electron chi connectivity index (χ4n) is 1.99. The fourth-order valence-corrected chi connectivity index (χ4v) is 2.46. The van der Waals surface area contributed by atoms with E-state index in [0.29, 0.717) is 6.04 Å². The van der Waals surface area contributed by atoms with Crippen LogP contribution in [0.3, 0.4) is 0 Å². The summed E-state index contributed by atoms with van der Waals surface area (Å²) in [6, 6.07) is 2.62. The fraction of sp³-hybridized carbons (Fsp3) is 0.667. The van der Waals surface area contributed by atoms with Crippen molar-refractivity contribution in [2.24, 2.45) is 5.73 Å². The van der Waals surface area contributed by atoms with E-state index in [2.05, 4.69) is 21.0 Å². The van der Waals surface area contributed by atoms with Gasteiger partial charge in [-0.05, 0) is 34.8 Å². The maximum absolute atomic E-state index is 6.06. The summed E-state index contributed by atoms with van der Waals surface area (Å²) in [4.78, 5) is 0. The van der Waals surface area contributed by atoms with Crippen LogP contribution in [0.25, 0.3) is 0 Å². The van der Waals surface area contributed by atoms with Gasteiger partial charge in [-0.3, -0.25) is 4.68 Å². The molecule has 0 amide bonds. The van der Waals surface area contributed by atoms with Crippen molar-refractivity contribution in [3.05, 3.63) is 16.9 Å². The summed E-state index contributed by atoms with van der Waals surface area (Å²) in [5, 5.41) is 4.28. The summed E-state index contributed by atoms with van der Waals surface area (Å²) in [6.07, 6.45) is 6.62. The Morgan fingerprint density at radius 3 is 2.85 bits per heavy atom. The van der Waals surface area contributed by atoms with E-state index in [9.17, 15) is 0 Å². The molecule has 1 aromatic heterocycles. The molecule has 0 aromatic carbocycles. The molecule has 1 fully saturated rings. The smallest absolute Gasteiger partial charge is 0.104 e. The van der Waals surface area contributed by atoms with Crippen molar-refractivity contribution in [1.29, 1.82) is 0 Å². The standard InChI is InChI=1S/C9H14BrN3/c10-9-5-6-12-13(9)8-4-2-1-3-7(8)11/h5-8H,1-4,11H2. The number of nitrogens with two attached hydrogens (primary N) is 1. The zero-order valence-corrected chi connectivity index (χ0v) is 9.07. The molecule has 2 unspecified atom stereocenters. The summed E-state index contributed by atoms with van der Waals surface area (Å²) in [5.41, 5.74) is 6.06. The zero-order chi connectivity index (χ0) is 9.26. The second-order valence-corrected chi connectivity index (χ2v) is 4.43. The van der Waals surface area contributed by atoms with E-state index in [0.717, 1.165) is 17.4 Å². The molecule has 2 atom stereocenters. The van der Waals surface area contributed by atoms with Crippen LogP contribution < -0.4 is 5.73 Å². The number of halogens is 1. The van der Waals surface area contributed by atoms with Gasteiger partial charge in [0.05, 0.1) is 12.2 Å². The summed E-state index contributed by atoms with van der Waals surface area (Å²) in [5.74, 6) is 0. The molecule has 1 saturated carbocycles. The third-order valence-corrected chi connectivity index (χ3v) is 3.35. The van der Waals surface area contributed by atoms with Crippen molar-refractivity contribution in [2.75, 3.05) is 0 Å². The van der Waals surface area contributed by atoms with Crippen LogP contribution in [0, 0.1) is 0 Å². The molecule has 13 heavy (non-hydrogen) atoms. The molecule has 1 aliphatic carbocycles. The van der Waals surface area contributed by atoms with Gasteiger partial charge in [-0.2, -0.15) is 5.10 Å². The first-order valence-corrected chi connectivity index (χ1v) is 5.53. The van der Waals surface area contributed by atoms with Crippen LogP contribution in [-0.4, -0.2) is 15.8 Å². The highest BCUT2D eigenvalue weighted by Crippen LogP contribution is 2.29. The van der Waals surface area contributed by atoms with E-state index in [1.807, 2.05) is 16.9 Å². The van der Waals surface area contributed by atoms with Crippen molar-refractivity contribution in [3.63, 3.8) is 0 Å². The largest absolute Gasteiger partial charge is 0.326 e. The number of rotatable bonds is 1. The molecular formula is C9H14BrN3. The molecule has 72 valence electrons. The van der Waals surface area contributed by atoms with Gasteiger partial charge in [0.15, 0.2) is 0 Å². The molecule has 2 rings (SSSR count). The van der Waals surface area contributed by atoms with Crippen molar-refractivity contribution in [3.8, 4) is 0 Å². The molecule has 3 nitrogen and oxygen atoms in total. The number of nitrogens with zero attached hydrogens (tertiary/aromatic N) is 2. The lowest BCUT2D eigenvalue weighted by Crippen LogP contribution is -2.35. The molecular weight excluding hydrogens is 230 g/mol. The topological polar surface area (TPSA) is 43.8 Å². The Labute approximate surface area is 86.4 Å². The van der Waals surface area contributed by atoms with Crippen LogP contribution in [0.4, 0.5) is 0 Å². The van der Waals surface area contributed by atoms with Crippen LogP contribution in [0.2, 0.25) is 0 Å². The monoisotopic (exact) mass is 243 g/mol. The molecule has 0 saturated heterocycles. The van der Waals surface area contributed by atoms with E-state index >= 15 is 0 Å². The third kappa shape index (κ3) is 1.79. The van der Waals surface area contributed by atoms with E-state index in [1.165, 1.54) is 12.8 Å². The summed E-state index contributed by atoms with van der Waals surface area (Å²) in [7, 11) is 0. The van der Waals surface area contributed by atoms with Crippen LogP contribution in [0.1, 0.15) is 31.7 Å². The minimum atomic E-state index is 0.268. The van der Waals surface area contributed by atoms with E-state index in [1.54, 1.807) is 0 Å². The van der Waals surface area contributed by atoms with Gasteiger partial charge in [0, 0.05) is 6.04 Å². The van der Waals surface area contributed by atoms with Crippen LogP contribution in [0.5, 0.6) is 0 Å². The number of hydrogen-bond donors (Lipinski definition) is 1. The van der Waals surface area contributed by atoms with Crippen molar-refractivity contribution in [2.45, 2.75) is 37.8 Å². The van der Waals surface area contributed by atoms with E-state index in [-0.39, 0.29) is 6.04 Å². The minimum absolute atomic E-state index is 0.268. The highest BCUT2D eigenvalue weighted by molar-refractivity contribution is 9.10. The second kappa shape index (κ2) is 3.80. The summed E-state index contributed by atoms with van der Waals surface area (Å²) >= 11 is 3.47. The summed E-state index contributed by atoms with van der Waals surface area (Å²) < 4.78 is 3.04. The Hall–Kier alpha value is -0.350. The van der Waals surface area contributed by atoms with Gasteiger partial charge < -0.3 is 5.73 Å². The van der Waals surface area contributed by atoms with Crippen molar-refractivity contribution in [1.82, 2.24) is 9.78 Å². The van der Waals surface area contributed by atoms with Crippen LogP contribution in [0.15, 0.2) is 16.9 Å². The summed E-state index contributed by atoms with van der Waals surface area (Å²) in [6.45, 7) is 0. The normalized spacial score (nSPS) is 29.1. The quantitative estimate of drug-likeness (QED) is 0.821. The lowest BCUT2D eigenvalue weighted by molar-refractivity contribution is 0.283. The highest BCUT2D eigenvalue weighted by Gasteiger charge is 2.24. The Morgan fingerprint density at radius 2 is 2.23 bits per heavy atom. The number of aromatic nitrogens is 2. The predicted octanol–water partition coefficient (Wildman–Crippen LogP) is 2.09. The average molecular weight is 244 g/mol. The van der Waals surface area contributed by atoms with Gasteiger partial charge >= 0.3 is 0 Å². The minimum Gasteiger partial charge on any atom is -0.326 e. The maximum atomic E-state index is 6.06. The van der Waals surface area contributed by atoms with E-state index < -0.39 is 0 Å². The molecule has 0 bridgehead atoms. The molecule has 0 radical (unpaired) electrons. The highest BCUT2D eigenvalue weighted by atomic mass is 79.9. The Kier molecular flexibility index (Phi) is 2.69. The van der Waals surface area contributed by atoms with Gasteiger partial charge in [-0.1, -0.05) is 12.8 Å². The Bertz CT molecular complexity index is 284. The van der Waals surface area contributed by atoms with E-state index in [4.69, 9.17) is 5.73 Å². The molecule has 1 aliphatic rings. The molecule has 2 N–H and O–H groups in total. The van der Waals surface area contributed by atoms with Crippen LogP contribution >= 0.6 is 15.9 Å². The first-order valence-electron chi connectivity index (χ1n) is 4.73. The third-order valence-electron chi connectivity index (χ3n) is 2.72. The molecule has 0 spiro atoms. The van der Waals surface area contributed by atoms with Crippen molar-refractivity contribution >= 4 is 15.9 Å². The van der Waals surface area contributed by atoms with Gasteiger partial charge in [0.25, 0.3) is 0 Å². The lowest BCUT2D eigenvalue weighted by atomic mass is 9.91. The maximum Gasteiger partial charge on any atom is 0.104 e. The number of hydrogen-bond acceptors (Lipinski definition) is 2. The predicted molar refractivity (Wildman–Crippen MR) is 55.4 cm³/mol. The van der Waals surface area contributed by atoms with Crippen molar-refractivity contribution < 1.29 is 0 Å².